The van der Waals surface area contributed by atoms with Gasteiger partial charge >= 0.3 is 0 Å². The van der Waals surface area contributed by atoms with Crippen LogP contribution in [0.2, 0.25) is 0 Å². The van der Waals surface area contributed by atoms with Crippen molar-refractivity contribution in [1.29, 1.82) is 0 Å². The van der Waals surface area contributed by atoms with E-state index in [2.05, 4.69) is 0 Å². The second-order valence-electron chi connectivity index (χ2n) is 9.46. The number of benzene rings is 3. The molecule has 1 aromatic heterocycles. The maximum absolute atomic E-state index is 13.9. The zero-order chi connectivity index (χ0) is 28.9. The summed E-state index contributed by atoms with van der Waals surface area (Å²) in [4.78, 5) is 1.03. The van der Waals surface area contributed by atoms with Crippen LogP contribution in [0.15, 0.2) is 106 Å². The Morgan fingerprint density at radius 3 is 1.88 bits per heavy atom. The van der Waals surface area contributed by atoms with E-state index in [-0.39, 0.29) is 35.1 Å². The highest BCUT2D eigenvalue weighted by Crippen LogP contribution is 2.28. The van der Waals surface area contributed by atoms with Gasteiger partial charge in [0.25, 0.3) is 10.0 Å². The van der Waals surface area contributed by atoms with Crippen molar-refractivity contribution < 1.29 is 27.0 Å². The monoisotopic (exact) mass is 600 g/mol. The summed E-state index contributed by atoms with van der Waals surface area (Å²) in [5.74, 6) is 0. The van der Waals surface area contributed by atoms with Gasteiger partial charge in [-0.3, -0.25) is 0 Å². The predicted octanol–water partition coefficient (Wildman–Crippen LogP) is 4.18. The number of aromatic nitrogens is 1. The molecule has 0 saturated carbocycles. The Morgan fingerprint density at radius 1 is 0.775 bits per heavy atom. The zero-order valence-electron chi connectivity index (χ0n) is 22.2. The molecule has 0 unspecified atom stereocenters. The van der Waals surface area contributed by atoms with Gasteiger partial charge in [-0.05, 0) is 55.8 Å². The molecule has 1 heterocycles. The number of aliphatic hydroxyl groups is 2. The Bertz CT molecular complexity index is 1630. The summed E-state index contributed by atoms with van der Waals surface area (Å²) in [5.41, 5.74) is 2.44. The Morgan fingerprint density at radius 2 is 1.32 bits per heavy atom. The van der Waals surface area contributed by atoms with Crippen LogP contribution in [0.4, 0.5) is 0 Å². The first-order valence-electron chi connectivity index (χ1n) is 12.6. The molecule has 0 spiro atoms. The van der Waals surface area contributed by atoms with E-state index in [9.17, 15) is 27.0 Å². The lowest BCUT2D eigenvalue weighted by molar-refractivity contribution is 0.269. The number of aliphatic hydroxyl groups excluding tert-OH is 2. The molecule has 212 valence electrons. The van der Waals surface area contributed by atoms with E-state index in [0.717, 1.165) is 20.0 Å². The summed E-state index contributed by atoms with van der Waals surface area (Å²) in [6.45, 7) is 2.70. The number of nitrogens with zero attached hydrogens (tertiary/aromatic N) is 2. The zero-order valence-corrected chi connectivity index (χ0v) is 24.7. The number of hydrogen-bond donors (Lipinski definition) is 2. The topological polar surface area (TPSA) is 117 Å². The molecule has 0 aliphatic heterocycles. The lowest BCUT2D eigenvalue weighted by atomic mass is 10.2. The summed E-state index contributed by atoms with van der Waals surface area (Å²) in [6.07, 6.45) is 2.65. The minimum Gasteiger partial charge on any atom is -0.395 e. The molecule has 4 aromatic rings. The van der Waals surface area contributed by atoms with Crippen LogP contribution < -0.4 is 0 Å². The molecule has 0 bridgehead atoms. The van der Waals surface area contributed by atoms with Crippen molar-refractivity contribution in [3.8, 4) is 0 Å². The Kier molecular flexibility index (Phi) is 9.55. The first-order chi connectivity index (χ1) is 19.0. The fraction of sp³-hybridized carbons (Fsp3) is 0.241. The molecule has 0 amide bonds. The van der Waals surface area contributed by atoms with Gasteiger partial charge < -0.3 is 10.2 Å². The summed E-state index contributed by atoms with van der Waals surface area (Å²) < 4.78 is 56.6. The summed E-state index contributed by atoms with van der Waals surface area (Å²) >= 11 is 1.35. The van der Waals surface area contributed by atoms with Gasteiger partial charge in [0.15, 0.2) is 0 Å². The van der Waals surface area contributed by atoms with E-state index in [1.807, 2.05) is 44.2 Å². The largest absolute Gasteiger partial charge is 0.395 e. The van der Waals surface area contributed by atoms with Gasteiger partial charge in [0, 0.05) is 41.2 Å². The average Bonchev–Trinajstić information content (AvgIpc) is 3.37. The molecular formula is C29H32N2O6S3. The van der Waals surface area contributed by atoms with Gasteiger partial charge in [-0.25, -0.2) is 20.8 Å². The molecule has 0 aliphatic carbocycles. The normalized spacial score (nSPS) is 13.0. The van der Waals surface area contributed by atoms with E-state index >= 15 is 0 Å². The number of rotatable bonds is 12. The Balaban J connectivity index is 1.72. The first-order valence-corrected chi connectivity index (χ1v) is 16.3. The number of thioether (sulfide) groups is 1. The maximum atomic E-state index is 13.9. The molecular weight excluding hydrogens is 569 g/mol. The molecule has 0 saturated heterocycles. The van der Waals surface area contributed by atoms with E-state index in [4.69, 9.17) is 0 Å². The van der Waals surface area contributed by atoms with Crippen molar-refractivity contribution in [2.75, 3.05) is 13.2 Å². The average molecular weight is 601 g/mol. The molecule has 11 heteroatoms. The molecule has 3 aromatic carbocycles. The standard InChI is InChI=1S/C29H32N2O6S3/c1-22-8-12-28(13-9-22)39(34,35)30-16-24(25(18-30)20-32)17-31(40(36,37)29-14-10-23(2)11-15-29)19-27(21-33)38-26-6-4-3-5-7-26/h3-16,18,27,32-33H,17,19-21H2,1-2H3/t27-/m1/s1. The van der Waals surface area contributed by atoms with E-state index in [0.29, 0.717) is 5.56 Å². The van der Waals surface area contributed by atoms with Crippen molar-refractivity contribution in [1.82, 2.24) is 8.28 Å². The van der Waals surface area contributed by atoms with Crippen molar-refractivity contribution >= 4 is 31.8 Å². The molecule has 0 aliphatic rings. The van der Waals surface area contributed by atoms with Crippen molar-refractivity contribution in [3.05, 3.63) is 114 Å². The van der Waals surface area contributed by atoms with Crippen molar-refractivity contribution in [2.45, 2.75) is 46.9 Å². The maximum Gasteiger partial charge on any atom is 0.267 e. The van der Waals surface area contributed by atoms with Crippen LogP contribution >= 0.6 is 11.8 Å². The summed E-state index contributed by atoms with van der Waals surface area (Å²) in [7, 11) is -8.02. The van der Waals surface area contributed by atoms with Crippen LogP contribution in [0.3, 0.4) is 0 Å². The second kappa shape index (κ2) is 12.7. The van der Waals surface area contributed by atoms with Gasteiger partial charge in [0.1, 0.15) is 0 Å². The first kappa shape index (κ1) is 30.0. The number of sulfonamides is 1. The van der Waals surface area contributed by atoms with E-state index in [1.165, 1.54) is 52.7 Å². The molecule has 0 radical (unpaired) electrons. The summed E-state index contributed by atoms with van der Waals surface area (Å²) in [6, 6.07) is 22.2. The molecule has 4 rings (SSSR count). The number of aryl methyl sites for hydroxylation is 2. The highest BCUT2D eigenvalue weighted by atomic mass is 32.2. The van der Waals surface area contributed by atoms with Crippen LogP contribution in [0.5, 0.6) is 0 Å². The van der Waals surface area contributed by atoms with Crippen molar-refractivity contribution in [2.24, 2.45) is 0 Å². The lowest BCUT2D eigenvalue weighted by Crippen LogP contribution is -2.37. The Hall–Kier alpha value is -2.93. The molecule has 0 fully saturated rings. The van der Waals surface area contributed by atoms with E-state index < -0.39 is 31.9 Å². The smallest absolute Gasteiger partial charge is 0.267 e. The van der Waals surface area contributed by atoms with Gasteiger partial charge in [-0.2, -0.15) is 4.31 Å². The van der Waals surface area contributed by atoms with Crippen LogP contribution in [0.25, 0.3) is 0 Å². The van der Waals surface area contributed by atoms with E-state index in [1.54, 1.807) is 24.3 Å². The second-order valence-corrected chi connectivity index (χ2v) is 14.6. The minimum atomic E-state index is -4.05. The SMILES string of the molecule is Cc1ccc(S(=O)(=O)N(Cc2cn(S(=O)(=O)c3ccc(C)cc3)cc2CO)C[C@H](CO)Sc2ccccc2)cc1. The van der Waals surface area contributed by atoms with Crippen molar-refractivity contribution in [3.63, 3.8) is 0 Å². The van der Waals surface area contributed by atoms with Crippen LogP contribution in [-0.4, -0.2) is 53.7 Å². The molecule has 8 nitrogen and oxygen atoms in total. The van der Waals surface area contributed by atoms with Gasteiger partial charge in [0.05, 0.1) is 23.0 Å². The highest BCUT2D eigenvalue weighted by Gasteiger charge is 2.30. The highest BCUT2D eigenvalue weighted by molar-refractivity contribution is 8.00. The fourth-order valence-electron chi connectivity index (χ4n) is 4.11. The van der Waals surface area contributed by atoms with Gasteiger partial charge in [-0.1, -0.05) is 53.6 Å². The van der Waals surface area contributed by atoms with Crippen LogP contribution in [-0.2, 0) is 33.2 Å². The van der Waals surface area contributed by atoms with Gasteiger partial charge in [0.2, 0.25) is 10.0 Å². The number of hydrogen-bond acceptors (Lipinski definition) is 7. The Labute approximate surface area is 240 Å². The van der Waals surface area contributed by atoms with Crippen LogP contribution in [0, 0.1) is 13.8 Å². The molecule has 2 N–H and O–H groups in total. The molecule has 40 heavy (non-hydrogen) atoms. The minimum absolute atomic E-state index is 0.0486. The predicted molar refractivity (Wildman–Crippen MR) is 156 cm³/mol. The fourth-order valence-corrected chi connectivity index (χ4v) is 7.96. The quantitative estimate of drug-likeness (QED) is 0.234. The third kappa shape index (κ3) is 6.85. The molecule has 1 atom stereocenters. The van der Waals surface area contributed by atoms with Crippen LogP contribution in [0.1, 0.15) is 22.3 Å². The lowest BCUT2D eigenvalue weighted by Gasteiger charge is -2.26. The summed E-state index contributed by atoms with van der Waals surface area (Å²) in [5, 5.41) is 19.7. The third-order valence-electron chi connectivity index (χ3n) is 6.41. The van der Waals surface area contributed by atoms with Gasteiger partial charge in [-0.15, -0.1) is 11.8 Å². The third-order valence-corrected chi connectivity index (χ3v) is 11.0.